The van der Waals surface area contributed by atoms with E-state index in [1.165, 1.54) is 5.56 Å². The lowest BCUT2D eigenvalue weighted by molar-refractivity contribution is 0.569. The first-order valence-electron chi connectivity index (χ1n) is 5.70. The van der Waals surface area contributed by atoms with Crippen LogP contribution in [0, 0.1) is 6.92 Å². The molecule has 5 heteroatoms. The van der Waals surface area contributed by atoms with Gasteiger partial charge in [-0.25, -0.2) is 13.1 Å². The van der Waals surface area contributed by atoms with Gasteiger partial charge in [-0.3, -0.25) is 0 Å². The standard InChI is InChI=1S/C12H20N2O2S/c1-10-4-3-5-12(8-10)6-7-14-17(15,16)11(2)9-13/h3-5,8,11,14H,6-7,9,13H2,1-2H3. The molecule has 1 aromatic carbocycles. The van der Waals surface area contributed by atoms with Crippen LogP contribution in [0.2, 0.25) is 0 Å². The molecule has 1 rings (SSSR count). The van der Waals surface area contributed by atoms with Crippen molar-refractivity contribution in [2.24, 2.45) is 5.73 Å². The Morgan fingerprint density at radius 2 is 2.12 bits per heavy atom. The minimum atomic E-state index is -3.27. The lowest BCUT2D eigenvalue weighted by Gasteiger charge is -2.11. The SMILES string of the molecule is Cc1cccc(CCNS(=O)(=O)C(C)CN)c1. The molecule has 0 aliphatic carbocycles. The molecule has 4 nitrogen and oxygen atoms in total. The summed E-state index contributed by atoms with van der Waals surface area (Å²) in [5.41, 5.74) is 7.66. The maximum absolute atomic E-state index is 11.6. The van der Waals surface area contributed by atoms with Crippen molar-refractivity contribution in [3.05, 3.63) is 35.4 Å². The van der Waals surface area contributed by atoms with E-state index >= 15 is 0 Å². The summed E-state index contributed by atoms with van der Waals surface area (Å²) in [6.45, 7) is 4.18. The number of hydrogen-bond donors (Lipinski definition) is 2. The molecule has 0 aliphatic heterocycles. The minimum absolute atomic E-state index is 0.139. The minimum Gasteiger partial charge on any atom is -0.329 e. The molecule has 0 bridgehead atoms. The largest absolute Gasteiger partial charge is 0.329 e. The smallest absolute Gasteiger partial charge is 0.215 e. The van der Waals surface area contributed by atoms with E-state index in [0.717, 1.165) is 5.56 Å². The van der Waals surface area contributed by atoms with Gasteiger partial charge in [-0.05, 0) is 25.8 Å². The number of nitrogens with one attached hydrogen (secondary N) is 1. The van der Waals surface area contributed by atoms with Crippen LogP contribution >= 0.6 is 0 Å². The van der Waals surface area contributed by atoms with Crippen LogP contribution in [0.5, 0.6) is 0 Å². The zero-order valence-electron chi connectivity index (χ0n) is 10.3. The fourth-order valence-corrected chi connectivity index (χ4v) is 2.40. The van der Waals surface area contributed by atoms with Crippen molar-refractivity contribution >= 4 is 10.0 Å². The predicted molar refractivity (Wildman–Crippen MR) is 70.3 cm³/mol. The summed E-state index contributed by atoms with van der Waals surface area (Å²) in [6, 6.07) is 8.04. The maximum Gasteiger partial charge on any atom is 0.215 e. The molecular weight excluding hydrogens is 236 g/mol. The molecule has 1 aromatic rings. The van der Waals surface area contributed by atoms with Crippen LogP contribution in [-0.2, 0) is 16.4 Å². The molecule has 0 heterocycles. The summed E-state index contributed by atoms with van der Waals surface area (Å²) in [7, 11) is -3.27. The molecule has 0 spiro atoms. The molecule has 0 aliphatic rings. The van der Waals surface area contributed by atoms with Gasteiger partial charge in [0, 0.05) is 13.1 Å². The number of rotatable bonds is 6. The fourth-order valence-electron chi connectivity index (χ4n) is 1.47. The van der Waals surface area contributed by atoms with Crippen LogP contribution in [0.4, 0.5) is 0 Å². The first-order chi connectivity index (χ1) is 7.95. The highest BCUT2D eigenvalue weighted by Gasteiger charge is 2.17. The Balaban J connectivity index is 2.48. The zero-order valence-corrected chi connectivity index (χ0v) is 11.1. The first kappa shape index (κ1) is 14.2. The summed E-state index contributed by atoms with van der Waals surface area (Å²) >= 11 is 0. The third kappa shape index (κ3) is 4.46. The Morgan fingerprint density at radius 1 is 1.41 bits per heavy atom. The van der Waals surface area contributed by atoms with Crippen LogP contribution in [0.1, 0.15) is 18.1 Å². The van der Waals surface area contributed by atoms with Crippen molar-refractivity contribution < 1.29 is 8.42 Å². The van der Waals surface area contributed by atoms with Crippen LogP contribution in [0.25, 0.3) is 0 Å². The van der Waals surface area contributed by atoms with Gasteiger partial charge < -0.3 is 5.73 Å². The van der Waals surface area contributed by atoms with Crippen molar-refractivity contribution in [1.82, 2.24) is 4.72 Å². The third-order valence-electron chi connectivity index (χ3n) is 2.66. The Morgan fingerprint density at radius 3 is 2.71 bits per heavy atom. The van der Waals surface area contributed by atoms with E-state index in [1.807, 2.05) is 25.1 Å². The molecule has 3 N–H and O–H groups in total. The Bertz CT molecular complexity index is 457. The second kappa shape index (κ2) is 6.14. The number of benzene rings is 1. The summed E-state index contributed by atoms with van der Waals surface area (Å²) in [5.74, 6) is 0. The predicted octanol–water partition coefficient (Wildman–Crippen LogP) is 0.804. The van der Waals surface area contributed by atoms with E-state index in [1.54, 1.807) is 6.92 Å². The highest BCUT2D eigenvalue weighted by atomic mass is 32.2. The van der Waals surface area contributed by atoms with Crippen molar-refractivity contribution in [3.63, 3.8) is 0 Å². The summed E-state index contributed by atoms with van der Waals surface area (Å²) in [5, 5.41) is -0.542. The summed E-state index contributed by atoms with van der Waals surface area (Å²) < 4.78 is 25.8. The second-order valence-electron chi connectivity index (χ2n) is 4.22. The molecule has 96 valence electrons. The van der Waals surface area contributed by atoms with Gasteiger partial charge in [-0.2, -0.15) is 0 Å². The molecule has 0 saturated heterocycles. The number of sulfonamides is 1. The van der Waals surface area contributed by atoms with Crippen LogP contribution in [0.15, 0.2) is 24.3 Å². The monoisotopic (exact) mass is 256 g/mol. The second-order valence-corrected chi connectivity index (χ2v) is 6.41. The molecule has 0 fully saturated rings. The van der Waals surface area contributed by atoms with E-state index in [4.69, 9.17) is 5.73 Å². The first-order valence-corrected chi connectivity index (χ1v) is 7.24. The van der Waals surface area contributed by atoms with E-state index < -0.39 is 15.3 Å². The van der Waals surface area contributed by atoms with E-state index in [2.05, 4.69) is 10.8 Å². The molecule has 0 saturated carbocycles. The quantitative estimate of drug-likeness (QED) is 0.791. The van der Waals surface area contributed by atoms with E-state index in [-0.39, 0.29) is 6.54 Å². The molecule has 0 radical (unpaired) electrons. The molecule has 0 amide bonds. The number of nitrogens with two attached hydrogens (primary N) is 1. The van der Waals surface area contributed by atoms with Crippen LogP contribution in [-0.4, -0.2) is 26.8 Å². The topological polar surface area (TPSA) is 72.2 Å². The molecule has 1 atom stereocenters. The number of aryl methyl sites for hydroxylation is 1. The van der Waals surface area contributed by atoms with Gasteiger partial charge >= 0.3 is 0 Å². The molecule has 0 aromatic heterocycles. The lowest BCUT2D eigenvalue weighted by Crippen LogP contribution is -2.37. The summed E-state index contributed by atoms with van der Waals surface area (Å²) in [6.07, 6.45) is 0.693. The highest BCUT2D eigenvalue weighted by Crippen LogP contribution is 2.04. The van der Waals surface area contributed by atoms with Gasteiger partial charge in [0.1, 0.15) is 0 Å². The van der Waals surface area contributed by atoms with Crippen molar-refractivity contribution in [3.8, 4) is 0 Å². The van der Waals surface area contributed by atoms with Gasteiger partial charge in [0.05, 0.1) is 5.25 Å². The van der Waals surface area contributed by atoms with Gasteiger partial charge in [0.25, 0.3) is 0 Å². The third-order valence-corrected chi connectivity index (χ3v) is 4.52. The van der Waals surface area contributed by atoms with Crippen molar-refractivity contribution in [1.29, 1.82) is 0 Å². The Kier molecular flexibility index (Phi) is 5.11. The van der Waals surface area contributed by atoms with Crippen LogP contribution < -0.4 is 10.5 Å². The molecular formula is C12H20N2O2S. The van der Waals surface area contributed by atoms with Crippen LogP contribution in [0.3, 0.4) is 0 Å². The van der Waals surface area contributed by atoms with E-state index in [9.17, 15) is 8.42 Å². The Hall–Kier alpha value is -0.910. The molecule has 17 heavy (non-hydrogen) atoms. The fraction of sp³-hybridized carbons (Fsp3) is 0.500. The highest BCUT2D eigenvalue weighted by molar-refractivity contribution is 7.90. The van der Waals surface area contributed by atoms with E-state index in [0.29, 0.717) is 13.0 Å². The van der Waals surface area contributed by atoms with Gasteiger partial charge in [-0.1, -0.05) is 29.8 Å². The average molecular weight is 256 g/mol. The van der Waals surface area contributed by atoms with Gasteiger partial charge in [-0.15, -0.1) is 0 Å². The lowest BCUT2D eigenvalue weighted by atomic mass is 10.1. The number of hydrogen-bond acceptors (Lipinski definition) is 3. The normalized spacial score (nSPS) is 13.6. The summed E-state index contributed by atoms with van der Waals surface area (Å²) in [4.78, 5) is 0. The average Bonchev–Trinajstić information content (AvgIpc) is 2.27. The van der Waals surface area contributed by atoms with Crippen molar-refractivity contribution in [2.45, 2.75) is 25.5 Å². The van der Waals surface area contributed by atoms with Gasteiger partial charge in [0.15, 0.2) is 0 Å². The molecule has 1 unspecified atom stereocenters. The van der Waals surface area contributed by atoms with Gasteiger partial charge in [0.2, 0.25) is 10.0 Å². The zero-order chi connectivity index (χ0) is 12.9. The maximum atomic E-state index is 11.6. The van der Waals surface area contributed by atoms with Crippen molar-refractivity contribution in [2.75, 3.05) is 13.1 Å². The Labute approximate surface area is 103 Å².